The van der Waals surface area contributed by atoms with E-state index in [1.807, 2.05) is 0 Å². The minimum absolute atomic E-state index is 0.263. The fourth-order valence-electron chi connectivity index (χ4n) is 2.06. The van der Waals surface area contributed by atoms with Gasteiger partial charge in [-0.3, -0.25) is 9.78 Å². The van der Waals surface area contributed by atoms with Gasteiger partial charge in [0.2, 0.25) is 0 Å². The number of anilines is 1. The summed E-state index contributed by atoms with van der Waals surface area (Å²) in [7, 11) is 0. The molecule has 0 spiro atoms. The number of carboxylic acid groups (broad SMARTS) is 1. The van der Waals surface area contributed by atoms with Crippen LogP contribution < -0.4 is 4.90 Å². The van der Waals surface area contributed by atoms with Gasteiger partial charge in [0.15, 0.2) is 0 Å². The van der Waals surface area contributed by atoms with E-state index < -0.39 is 5.97 Å². The van der Waals surface area contributed by atoms with Gasteiger partial charge in [-0.15, -0.1) is 0 Å². The summed E-state index contributed by atoms with van der Waals surface area (Å²) in [5.41, 5.74) is 0. The maximum atomic E-state index is 10.5. The highest BCUT2D eigenvalue weighted by molar-refractivity contribution is 5.66. The molecule has 0 bridgehead atoms. The molecule has 2 heterocycles. The van der Waals surface area contributed by atoms with E-state index in [0.717, 1.165) is 31.7 Å². The SMILES string of the molecule is O=C(O)CCC1CCN(c2cnccn2)C1. The molecule has 2 rings (SSSR count). The van der Waals surface area contributed by atoms with Crippen molar-refractivity contribution in [2.75, 3.05) is 18.0 Å². The van der Waals surface area contributed by atoms with Crippen molar-refractivity contribution >= 4 is 11.8 Å². The van der Waals surface area contributed by atoms with Crippen molar-refractivity contribution in [2.45, 2.75) is 19.3 Å². The Labute approximate surface area is 94.1 Å². The molecule has 0 saturated carbocycles. The highest BCUT2D eigenvalue weighted by atomic mass is 16.4. The van der Waals surface area contributed by atoms with Crippen molar-refractivity contribution in [2.24, 2.45) is 5.92 Å². The van der Waals surface area contributed by atoms with Gasteiger partial charge in [0.05, 0.1) is 6.20 Å². The molecule has 5 heteroatoms. The predicted molar refractivity (Wildman–Crippen MR) is 59.2 cm³/mol. The van der Waals surface area contributed by atoms with Crippen molar-refractivity contribution < 1.29 is 9.90 Å². The molecule has 0 radical (unpaired) electrons. The molecule has 1 aromatic heterocycles. The Hall–Kier alpha value is -1.65. The Kier molecular flexibility index (Phi) is 3.34. The molecule has 1 N–H and O–H groups in total. The predicted octanol–water partition coefficient (Wildman–Crippen LogP) is 1.17. The average Bonchev–Trinajstić information content (AvgIpc) is 2.76. The molecule has 1 aliphatic rings. The molecular formula is C11H15N3O2. The maximum Gasteiger partial charge on any atom is 0.303 e. The Morgan fingerprint density at radius 1 is 1.56 bits per heavy atom. The Balaban J connectivity index is 1.86. The minimum atomic E-state index is -0.710. The zero-order valence-corrected chi connectivity index (χ0v) is 9.04. The van der Waals surface area contributed by atoms with E-state index in [2.05, 4.69) is 14.9 Å². The molecule has 1 atom stereocenters. The van der Waals surface area contributed by atoms with Crippen molar-refractivity contribution in [3.8, 4) is 0 Å². The monoisotopic (exact) mass is 221 g/mol. The van der Waals surface area contributed by atoms with Crippen molar-refractivity contribution in [1.82, 2.24) is 9.97 Å². The van der Waals surface area contributed by atoms with E-state index in [0.29, 0.717) is 5.92 Å². The molecule has 0 amide bonds. The first-order valence-corrected chi connectivity index (χ1v) is 5.48. The number of aromatic nitrogens is 2. The van der Waals surface area contributed by atoms with Crippen LogP contribution in [0.1, 0.15) is 19.3 Å². The zero-order valence-electron chi connectivity index (χ0n) is 9.04. The summed E-state index contributed by atoms with van der Waals surface area (Å²) in [6, 6.07) is 0. The lowest BCUT2D eigenvalue weighted by Crippen LogP contribution is -2.21. The van der Waals surface area contributed by atoms with E-state index >= 15 is 0 Å². The number of carbonyl (C=O) groups is 1. The molecule has 16 heavy (non-hydrogen) atoms. The minimum Gasteiger partial charge on any atom is -0.481 e. The van der Waals surface area contributed by atoms with Gasteiger partial charge in [-0.1, -0.05) is 0 Å². The lowest BCUT2D eigenvalue weighted by atomic mass is 10.0. The Bertz CT molecular complexity index is 356. The summed E-state index contributed by atoms with van der Waals surface area (Å²) in [6.07, 6.45) is 7.15. The third-order valence-corrected chi connectivity index (χ3v) is 2.93. The molecule has 0 aliphatic carbocycles. The van der Waals surface area contributed by atoms with Crippen molar-refractivity contribution in [3.63, 3.8) is 0 Å². The third-order valence-electron chi connectivity index (χ3n) is 2.93. The van der Waals surface area contributed by atoms with E-state index in [1.165, 1.54) is 0 Å². The molecule has 86 valence electrons. The summed E-state index contributed by atoms with van der Waals surface area (Å²) in [5, 5.41) is 8.62. The van der Waals surface area contributed by atoms with E-state index in [9.17, 15) is 4.79 Å². The fraction of sp³-hybridized carbons (Fsp3) is 0.545. The van der Waals surface area contributed by atoms with E-state index in [1.54, 1.807) is 18.6 Å². The number of rotatable bonds is 4. The van der Waals surface area contributed by atoms with Crippen molar-refractivity contribution in [1.29, 1.82) is 0 Å². The Morgan fingerprint density at radius 2 is 2.44 bits per heavy atom. The molecule has 1 fully saturated rings. The molecule has 0 aromatic carbocycles. The molecule has 1 aliphatic heterocycles. The van der Waals surface area contributed by atoms with Gasteiger partial charge < -0.3 is 10.0 Å². The zero-order chi connectivity index (χ0) is 11.4. The largest absolute Gasteiger partial charge is 0.481 e. The number of aliphatic carboxylic acids is 1. The number of hydrogen-bond acceptors (Lipinski definition) is 4. The van der Waals surface area contributed by atoms with Gasteiger partial charge >= 0.3 is 5.97 Å². The lowest BCUT2D eigenvalue weighted by Gasteiger charge is -2.16. The first-order chi connectivity index (χ1) is 7.75. The average molecular weight is 221 g/mol. The van der Waals surface area contributed by atoms with Gasteiger partial charge in [-0.05, 0) is 18.8 Å². The van der Waals surface area contributed by atoms with Gasteiger partial charge in [-0.25, -0.2) is 4.98 Å². The van der Waals surface area contributed by atoms with Crippen LogP contribution in [0.3, 0.4) is 0 Å². The third kappa shape index (κ3) is 2.68. The second kappa shape index (κ2) is 4.92. The normalized spacial score (nSPS) is 20.0. The number of nitrogens with zero attached hydrogens (tertiary/aromatic N) is 3. The second-order valence-corrected chi connectivity index (χ2v) is 4.10. The van der Waals surface area contributed by atoms with E-state index in [-0.39, 0.29) is 6.42 Å². The van der Waals surface area contributed by atoms with E-state index in [4.69, 9.17) is 5.11 Å². The number of carboxylic acids is 1. The van der Waals surface area contributed by atoms with Crippen LogP contribution in [0.5, 0.6) is 0 Å². The molecule has 1 unspecified atom stereocenters. The summed E-state index contributed by atoms with van der Waals surface area (Å²) >= 11 is 0. The van der Waals surface area contributed by atoms with Crippen LogP contribution in [0.25, 0.3) is 0 Å². The Morgan fingerprint density at radius 3 is 3.12 bits per heavy atom. The number of hydrogen-bond donors (Lipinski definition) is 1. The molecular weight excluding hydrogens is 206 g/mol. The fourth-order valence-corrected chi connectivity index (χ4v) is 2.06. The van der Waals surface area contributed by atoms with Crippen LogP contribution in [0.4, 0.5) is 5.82 Å². The van der Waals surface area contributed by atoms with Crippen LogP contribution in [-0.4, -0.2) is 34.1 Å². The molecule has 1 aromatic rings. The first kappa shape index (κ1) is 10.9. The second-order valence-electron chi connectivity index (χ2n) is 4.10. The topological polar surface area (TPSA) is 66.3 Å². The maximum absolute atomic E-state index is 10.5. The van der Waals surface area contributed by atoms with Gasteiger partial charge in [0, 0.05) is 31.9 Å². The van der Waals surface area contributed by atoms with Crippen LogP contribution in [0.2, 0.25) is 0 Å². The quantitative estimate of drug-likeness (QED) is 0.826. The van der Waals surface area contributed by atoms with Gasteiger partial charge in [-0.2, -0.15) is 0 Å². The molecule has 1 saturated heterocycles. The van der Waals surface area contributed by atoms with Crippen LogP contribution in [0.15, 0.2) is 18.6 Å². The first-order valence-electron chi connectivity index (χ1n) is 5.48. The van der Waals surface area contributed by atoms with Gasteiger partial charge in [0.25, 0.3) is 0 Å². The van der Waals surface area contributed by atoms with Crippen LogP contribution >= 0.6 is 0 Å². The van der Waals surface area contributed by atoms with Crippen LogP contribution in [0, 0.1) is 5.92 Å². The van der Waals surface area contributed by atoms with Crippen LogP contribution in [-0.2, 0) is 4.79 Å². The van der Waals surface area contributed by atoms with Crippen molar-refractivity contribution in [3.05, 3.63) is 18.6 Å². The van der Waals surface area contributed by atoms with Gasteiger partial charge in [0.1, 0.15) is 5.82 Å². The molecule has 5 nitrogen and oxygen atoms in total. The summed E-state index contributed by atoms with van der Waals surface area (Å²) < 4.78 is 0. The summed E-state index contributed by atoms with van der Waals surface area (Å²) in [6.45, 7) is 1.84. The summed E-state index contributed by atoms with van der Waals surface area (Å²) in [4.78, 5) is 20.9. The standard InChI is InChI=1S/C11H15N3O2/c15-11(16)2-1-9-3-6-14(8-9)10-7-12-4-5-13-10/h4-5,7,9H,1-3,6,8H2,(H,15,16). The smallest absolute Gasteiger partial charge is 0.303 e. The highest BCUT2D eigenvalue weighted by Crippen LogP contribution is 2.24. The summed E-state index contributed by atoms with van der Waals surface area (Å²) in [5.74, 6) is 0.649. The highest BCUT2D eigenvalue weighted by Gasteiger charge is 2.23. The lowest BCUT2D eigenvalue weighted by molar-refractivity contribution is -0.137.